The highest BCUT2D eigenvalue weighted by Gasteiger charge is 2.26. The Bertz CT molecular complexity index is 678. The molecule has 1 atom stereocenters. The van der Waals surface area contributed by atoms with Gasteiger partial charge in [0, 0.05) is 17.4 Å². The molecule has 0 radical (unpaired) electrons. The number of anilines is 1. The third-order valence-corrected chi connectivity index (χ3v) is 3.24. The summed E-state index contributed by atoms with van der Waals surface area (Å²) in [5, 5.41) is 15.8. The number of hydrogen-bond acceptors (Lipinski definition) is 3. The predicted molar refractivity (Wildman–Crippen MR) is 74.5 cm³/mol. The molecule has 0 fully saturated rings. The van der Waals surface area contributed by atoms with Crippen LogP contribution in [0.15, 0.2) is 42.6 Å². The maximum absolute atomic E-state index is 10.6. The van der Waals surface area contributed by atoms with Gasteiger partial charge in [0.15, 0.2) is 0 Å². The molecule has 0 aliphatic rings. The summed E-state index contributed by atoms with van der Waals surface area (Å²) in [5.41, 5.74) is 6.32. The van der Waals surface area contributed by atoms with Crippen molar-refractivity contribution in [1.29, 1.82) is 0 Å². The second-order valence-corrected chi connectivity index (χ2v) is 4.98. The number of rotatable bonds is 3. The van der Waals surface area contributed by atoms with E-state index in [1.807, 2.05) is 30.3 Å². The average molecular weight is 256 g/mol. The van der Waals surface area contributed by atoms with Crippen LogP contribution in [-0.2, 0) is 12.1 Å². The summed E-state index contributed by atoms with van der Waals surface area (Å²) in [6.45, 7) is 2.10. The number of aliphatic hydroxyl groups is 1. The average Bonchev–Trinajstić information content (AvgIpc) is 2.95. The molecule has 98 valence electrons. The van der Waals surface area contributed by atoms with Crippen LogP contribution in [0, 0.1) is 0 Å². The first-order chi connectivity index (χ1) is 9.04. The van der Waals surface area contributed by atoms with Gasteiger partial charge in [-0.2, -0.15) is 5.10 Å². The second kappa shape index (κ2) is 4.13. The van der Waals surface area contributed by atoms with Crippen molar-refractivity contribution in [2.45, 2.75) is 19.1 Å². The number of nitrogens with zero attached hydrogens (tertiary/aromatic N) is 2. The van der Waals surface area contributed by atoms with Crippen LogP contribution in [0.25, 0.3) is 10.9 Å². The molecule has 0 spiro atoms. The molecule has 2 aromatic heterocycles. The van der Waals surface area contributed by atoms with E-state index in [9.17, 15) is 5.11 Å². The van der Waals surface area contributed by atoms with Crippen LogP contribution in [0.1, 0.15) is 12.6 Å². The summed E-state index contributed by atoms with van der Waals surface area (Å²) >= 11 is 0. The number of hydrogen-bond donors (Lipinski definition) is 3. The normalized spacial score (nSPS) is 14.6. The molecule has 4 N–H and O–H groups in total. The van der Waals surface area contributed by atoms with Crippen molar-refractivity contribution in [3.05, 3.63) is 48.3 Å². The maximum Gasteiger partial charge on any atom is 0.145 e. The first kappa shape index (κ1) is 11.8. The molecular weight excluding hydrogens is 240 g/mol. The Labute approximate surface area is 110 Å². The smallest absolute Gasteiger partial charge is 0.145 e. The fourth-order valence-electron chi connectivity index (χ4n) is 2.23. The second-order valence-electron chi connectivity index (χ2n) is 4.98. The Morgan fingerprint density at radius 1 is 1.37 bits per heavy atom. The highest BCUT2D eigenvalue weighted by Crippen LogP contribution is 2.26. The Morgan fingerprint density at radius 2 is 2.16 bits per heavy atom. The number of nitrogen functional groups attached to an aromatic ring is 1. The lowest BCUT2D eigenvalue weighted by Gasteiger charge is -2.21. The molecule has 0 aliphatic carbocycles. The van der Waals surface area contributed by atoms with Crippen molar-refractivity contribution in [1.82, 2.24) is 14.8 Å². The van der Waals surface area contributed by atoms with E-state index in [1.165, 1.54) is 0 Å². The van der Waals surface area contributed by atoms with Gasteiger partial charge in [0.05, 0.1) is 6.54 Å². The molecule has 19 heavy (non-hydrogen) atoms. The van der Waals surface area contributed by atoms with E-state index in [2.05, 4.69) is 10.1 Å². The number of nitrogens with two attached hydrogens (primary N) is 1. The van der Waals surface area contributed by atoms with E-state index >= 15 is 0 Å². The first-order valence-electron chi connectivity index (χ1n) is 6.14. The fourth-order valence-corrected chi connectivity index (χ4v) is 2.23. The van der Waals surface area contributed by atoms with Crippen LogP contribution in [0.5, 0.6) is 0 Å². The minimum atomic E-state index is -1.03. The van der Waals surface area contributed by atoms with Crippen molar-refractivity contribution in [3.8, 4) is 0 Å². The Hall–Kier alpha value is -2.27. The topological polar surface area (TPSA) is 79.9 Å². The number of benzene rings is 1. The lowest BCUT2D eigenvalue weighted by Crippen LogP contribution is -2.28. The Balaban J connectivity index is 1.94. The molecule has 0 aliphatic heterocycles. The molecule has 0 bridgehead atoms. The molecule has 1 aromatic carbocycles. The summed E-state index contributed by atoms with van der Waals surface area (Å²) in [7, 11) is 0. The zero-order valence-corrected chi connectivity index (χ0v) is 10.7. The molecule has 0 amide bonds. The van der Waals surface area contributed by atoms with Crippen molar-refractivity contribution < 1.29 is 5.11 Å². The largest absolute Gasteiger partial charge is 0.382 e. The third-order valence-electron chi connectivity index (χ3n) is 3.24. The number of para-hydroxylation sites is 1. The maximum atomic E-state index is 10.6. The summed E-state index contributed by atoms with van der Waals surface area (Å²) in [5.74, 6) is 0.451. The van der Waals surface area contributed by atoms with Gasteiger partial charge in [0.1, 0.15) is 11.4 Å². The van der Waals surface area contributed by atoms with Crippen LogP contribution in [0.4, 0.5) is 5.82 Å². The molecule has 0 saturated heterocycles. The third kappa shape index (κ3) is 2.20. The standard InChI is InChI=1S/C14H16N4O/c1-14(19,9-18-7-6-13(15)17-18)12-8-10-4-2-3-5-11(10)16-12/h2-8,16,19H,9H2,1H3,(H2,15,17). The number of fused-ring (bicyclic) bond motifs is 1. The number of nitrogens with one attached hydrogen (secondary N) is 1. The van der Waals surface area contributed by atoms with Gasteiger partial charge in [-0.25, -0.2) is 0 Å². The minimum absolute atomic E-state index is 0.344. The van der Waals surface area contributed by atoms with Gasteiger partial charge in [-0.05, 0) is 30.5 Å². The molecule has 1 unspecified atom stereocenters. The van der Waals surface area contributed by atoms with Crippen LogP contribution in [-0.4, -0.2) is 19.9 Å². The summed E-state index contributed by atoms with van der Waals surface area (Å²) in [6.07, 6.45) is 1.76. The van der Waals surface area contributed by atoms with Crippen molar-refractivity contribution >= 4 is 16.7 Å². The van der Waals surface area contributed by atoms with Gasteiger partial charge in [0.25, 0.3) is 0 Å². The van der Waals surface area contributed by atoms with Gasteiger partial charge >= 0.3 is 0 Å². The highest BCUT2D eigenvalue weighted by molar-refractivity contribution is 5.80. The summed E-state index contributed by atoms with van der Waals surface area (Å²) < 4.78 is 1.64. The Morgan fingerprint density at radius 3 is 2.84 bits per heavy atom. The van der Waals surface area contributed by atoms with Crippen molar-refractivity contribution in [3.63, 3.8) is 0 Å². The number of aromatic amines is 1. The molecule has 3 aromatic rings. The molecule has 3 rings (SSSR count). The highest BCUT2D eigenvalue weighted by atomic mass is 16.3. The monoisotopic (exact) mass is 256 g/mol. The van der Waals surface area contributed by atoms with E-state index in [1.54, 1.807) is 23.9 Å². The van der Waals surface area contributed by atoms with E-state index < -0.39 is 5.60 Å². The SMILES string of the molecule is CC(O)(Cn1ccc(N)n1)c1cc2ccccc2[nH]1. The first-order valence-corrected chi connectivity index (χ1v) is 6.14. The van der Waals surface area contributed by atoms with E-state index in [0.717, 1.165) is 16.6 Å². The van der Waals surface area contributed by atoms with Crippen molar-refractivity contribution in [2.24, 2.45) is 0 Å². The quantitative estimate of drug-likeness (QED) is 0.669. The molecule has 0 saturated carbocycles. The fraction of sp³-hybridized carbons (Fsp3) is 0.214. The van der Waals surface area contributed by atoms with Crippen LogP contribution in [0.3, 0.4) is 0 Å². The number of H-pyrrole nitrogens is 1. The van der Waals surface area contributed by atoms with Gasteiger partial charge in [-0.15, -0.1) is 0 Å². The van der Waals surface area contributed by atoms with Gasteiger partial charge < -0.3 is 15.8 Å². The van der Waals surface area contributed by atoms with E-state index in [-0.39, 0.29) is 0 Å². The van der Waals surface area contributed by atoms with Crippen molar-refractivity contribution in [2.75, 3.05) is 5.73 Å². The summed E-state index contributed by atoms with van der Waals surface area (Å²) in [4.78, 5) is 3.24. The van der Waals surface area contributed by atoms with Crippen LogP contribution >= 0.6 is 0 Å². The zero-order valence-electron chi connectivity index (χ0n) is 10.7. The molecule has 2 heterocycles. The Kier molecular flexibility index (Phi) is 2.57. The van der Waals surface area contributed by atoms with Gasteiger partial charge in [-0.1, -0.05) is 18.2 Å². The van der Waals surface area contributed by atoms with Crippen LogP contribution < -0.4 is 5.73 Å². The van der Waals surface area contributed by atoms with Crippen LogP contribution in [0.2, 0.25) is 0 Å². The molecular formula is C14H16N4O. The predicted octanol–water partition coefficient (Wildman–Crippen LogP) is 1.85. The van der Waals surface area contributed by atoms with Gasteiger partial charge in [-0.3, -0.25) is 4.68 Å². The summed E-state index contributed by atoms with van der Waals surface area (Å²) in [6, 6.07) is 11.6. The molecule has 5 nitrogen and oxygen atoms in total. The van der Waals surface area contributed by atoms with Gasteiger partial charge in [0.2, 0.25) is 0 Å². The molecule has 5 heteroatoms. The lowest BCUT2D eigenvalue weighted by molar-refractivity contribution is 0.0311. The minimum Gasteiger partial charge on any atom is -0.382 e. The van der Waals surface area contributed by atoms with E-state index in [0.29, 0.717) is 12.4 Å². The zero-order chi connectivity index (χ0) is 13.5. The van der Waals surface area contributed by atoms with E-state index in [4.69, 9.17) is 5.73 Å². The number of aromatic nitrogens is 3. The lowest BCUT2D eigenvalue weighted by atomic mass is 10.0.